The zero-order chi connectivity index (χ0) is 25.5. The lowest BCUT2D eigenvalue weighted by molar-refractivity contribution is -0.129. The second-order valence-electron chi connectivity index (χ2n) is 10.7. The van der Waals surface area contributed by atoms with Gasteiger partial charge < -0.3 is 20.1 Å². The van der Waals surface area contributed by atoms with E-state index in [1.165, 1.54) is 11.1 Å². The molecule has 2 N–H and O–H groups in total. The lowest BCUT2D eigenvalue weighted by Crippen LogP contribution is -2.43. The molecule has 0 aliphatic rings. The van der Waals surface area contributed by atoms with Crippen molar-refractivity contribution in [2.24, 2.45) is 0 Å². The van der Waals surface area contributed by atoms with Crippen molar-refractivity contribution in [3.8, 4) is 11.5 Å². The van der Waals surface area contributed by atoms with Gasteiger partial charge in [-0.25, -0.2) is 0 Å². The quantitative estimate of drug-likeness (QED) is 0.521. The monoisotopic (exact) mass is 468 g/mol. The van der Waals surface area contributed by atoms with Crippen LogP contribution in [0.1, 0.15) is 66.5 Å². The molecular formula is C28H40N2O4. The molecule has 0 saturated carbocycles. The van der Waals surface area contributed by atoms with Gasteiger partial charge in [0.2, 0.25) is 0 Å². The molecule has 2 aromatic rings. The molecule has 2 aromatic carbocycles. The van der Waals surface area contributed by atoms with Crippen molar-refractivity contribution in [2.45, 2.75) is 78.4 Å². The van der Waals surface area contributed by atoms with Gasteiger partial charge in [-0.15, -0.1) is 0 Å². The number of carbonyl (C=O) groups excluding carboxylic acids is 2. The summed E-state index contributed by atoms with van der Waals surface area (Å²) in [5.74, 6) is 0.811. The molecule has 0 heterocycles. The molecule has 0 bridgehead atoms. The van der Waals surface area contributed by atoms with Gasteiger partial charge >= 0.3 is 0 Å². The van der Waals surface area contributed by atoms with E-state index in [4.69, 9.17) is 9.47 Å². The third kappa shape index (κ3) is 8.40. The molecule has 6 heteroatoms. The predicted molar refractivity (Wildman–Crippen MR) is 136 cm³/mol. The van der Waals surface area contributed by atoms with Gasteiger partial charge in [0.1, 0.15) is 11.5 Å². The van der Waals surface area contributed by atoms with E-state index in [0.29, 0.717) is 24.6 Å². The van der Waals surface area contributed by atoms with Crippen LogP contribution in [0.15, 0.2) is 48.5 Å². The Morgan fingerprint density at radius 3 is 1.21 bits per heavy atom. The minimum absolute atomic E-state index is 0.0609. The van der Waals surface area contributed by atoms with Crippen molar-refractivity contribution in [1.82, 2.24) is 10.6 Å². The predicted octanol–water partition coefficient (Wildman–Crippen LogP) is 4.75. The van der Waals surface area contributed by atoms with Gasteiger partial charge in [-0.2, -0.15) is 0 Å². The van der Waals surface area contributed by atoms with Gasteiger partial charge in [0, 0.05) is 13.1 Å². The number of carbonyl (C=O) groups is 2. The summed E-state index contributed by atoms with van der Waals surface area (Å²) in [6, 6.07) is 15.6. The van der Waals surface area contributed by atoms with Crippen LogP contribution in [0.5, 0.6) is 11.5 Å². The van der Waals surface area contributed by atoms with Crippen molar-refractivity contribution in [3.63, 3.8) is 0 Å². The number of amides is 2. The summed E-state index contributed by atoms with van der Waals surface area (Å²) in [6.45, 7) is 16.9. The summed E-state index contributed by atoms with van der Waals surface area (Å²) < 4.78 is 11.5. The van der Waals surface area contributed by atoms with Gasteiger partial charge in [-0.1, -0.05) is 65.8 Å². The topological polar surface area (TPSA) is 76.7 Å². The number of benzene rings is 2. The van der Waals surface area contributed by atoms with Crippen LogP contribution in [0.2, 0.25) is 0 Å². The maximum absolute atomic E-state index is 12.3. The van der Waals surface area contributed by atoms with Crippen molar-refractivity contribution >= 4 is 11.8 Å². The first-order valence-electron chi connectivity index (χ1n) is 11.9. The van der Waals surface area contributed by atoms with Crippen LogP contribution in [0.25, 0.3) is 0 Å². The number of rotatable bonds is 9. The van der Waals surface area contributed by atoms with Crippen LogP contribution in [-0.2, 0) is 20.4 Å². The number of hydrogen-bond donors (Lipinski definition) is 2. The highest BCUT2D eigenvalue weighted by Crippen LogP contribution is 2.25. The Morgan fingerprint density at radius 1 is 0.647 bits per heavy atom. The average Bonchev–Trinajstić information content (AvgIpc) is 2.75. The Bertz CT molecular complexity index is 859. The van der Waals surface area contributed by atoms with Gasteiger partial charge in [-0.3, -0.25) is 9.59 Å². The highest BCUT2D eigenvalue weighted by atomic mass is 16.5. The second-order valence-corrected chi connectivity index (χ2v) is 10.7. The normalized spacial score (nSPS) is 13.5. The first kappa shape index (κ1) is 27.2. The Kier molecular flexibility index (Phi) is 9.14. The molecule has 0 saturated heterocycles. The third-order valence-corrected chi connectivity index (χ3v) is 5.53. The maximum atomic E-state index is 12.3. The smallest absolute Gasteiger partial charge is 0.260 e. The highest BCUT2D eigenvalue weighted by Gasteiger charge is 2.18. The van der Waals surface area contributed by atoms with E-state index in [9.17, 15) is 9.59 Å². The largest absolute Gasteiger partial charge is 0.481 e. The van der Waals surface area contributed by atoms with Crippen molar-refractivity contribution in [3.05, 3.63) is 59.7 Å². The molecule has 0 spiro atoms. The van der Waals surface area contributed by atoms with E-state index in [2.05, 4.69) is 52.2 Å². The minimum atomic E-state index is -0.644. The molecule has 0 radical (unpaired) electrons. The van der Waals surface area contributed by atoms with Gasteiger partial charge in [0.05, 0.1) is 0 Å². The number of nitrogens with one attached hydrogen (secondary N) is 2. The van der Waals surface area contributed by atoms with E-state index in [1.54, 1.807) is 13.8 Å². The summed E-state index contributed by atoms with van der Waals surface area (Å²) >= 11 is 0. The van der Waals surface area contributed by atoms with Crippen LogP contribution in [0.4, 0.5) is 0 Å². The second kappa shape index (κ2) is 11.4. The lowest BCUT2D eigenvalue weighted by atomic mass is 9.87. The molecule has 0 fully saturated rings. The van der Waals surface area contributed by atoms with Crippen LogP contribution >= 0.6 is 0 Å². The summed E-state index contributed by atoms with van der Waals surface area (Å²) in [6.07, 6.45) is -1.29. The Hall–Kier alpha value is -3.02. The van der Waals surface area contributed by atoms with Crippen LogP contribution in [0.3, 0.4) is 0 Å². The van der Waals surface area contributed by atoms with E-state index in [0.717, 1.165) is 0 Å². The molecule has 2 unspecified atom stereocenters. The lowest BCUT2D eigenvalue weighted by Gasteiger charge is -2.20. The molecule has 34 heavy (non-hydrogen) atoms. The third-order valence-electron chi connectivity index (χ3n) is 5.53. The van der Waals surface area contributed by atoms with E-state index in [-0.39, 0.29) is 22.6 Å². The van der Waals surface area contributed by atoms with Crippen LogP contribution in [0, 0.1) is 0 Å². The molecule has 2 rings (SSSR count). The highest BCUT2D eigenvalue weighted by molar-refractivity contribution is 5.81. The van der Waals surface area contributed by atoms with Crippen molar-refractivity contribution in [1.29, 1.82) is 0 Å². The van der Waals surface area contributed by atoms with Gasteiger partial charge in [-0.05, 0) is 60.1 Å². The SMILES string of the molecule is CC(Oc1ccc(C(C)(C)C)cc1)C(=O)NCCNC(=O)C(C)Oc1ccc(C(C)(C)C)cc1. The van der Waals surface area contributed by atoms with Crippen LogP contribution in [-0.4, -0.2) is 37.1 Å². The van der Waals surface area contributed by atoms with Crippen molar-refractivity contribution in [2.75, 3.05) is 13.1 Å². The van der Waals surface area contributed by atoms with Crippen LogP contribution < -0.4 is 20.1 Å². The van der Waals surface area contributed by atoms with E-state index >= 15 is 0 Å². The number of ether oxygens (including phenoxy) is 2. The van der Waals surface area contributed by atoms with Gasteiger partial charge in [0.25, 0.3) is 11.8 Å². The fraction of sp³-hybridized carbons (Fsp3) is 0.500. The molecule has 2 amide bonds. The Labute approximate surface area is 204 Å². The first-order valence-corrected chi connectivity index (χ1v) is 11.9. The molecule has 0 aromatic heterocycles. The van der Waals surface area contributed by atoms with E-state index < -0.39 is 12.2 Å². The fourth-order valence-electron chi connectivity index (χ4n) is 3.24. The summed E-state index contributed by atoms with van der Waals surface area (Å²) in [4.78, 5) is 24.6. The van der Waals surface area contributed by atoms with E-state index in [1.807, 2.05) is 48.5 Å². The zero-order valence-corrected chi connectivity index (χ0v) is 21.8. The molecule has 2 atom stereocenters. The molecule has 6 nitrogen and oxygen atoms in total. The minimum Gasteiger partial charge on any atom is -0.481 e. The maximum Gasteiger partial charge on any atom is 0.260 e. The molecule has 0 aliphatic heterocycles. The fourth-order valence-corrected chi connectivity index (χ4v) is 3.24. The molecule has 186 valence electrons. The molecule has 0 aliphatic carbocycles. The first-order chi connectivity index (χ1) is 15.8. The average molecular weight is 469 g/mol. The Balaban J connectivity index is 1.71. The van der Waals surface area contributed by atoms with Gasteiger partial charge in [0.15, 0.2) is 12.2 Å². The standard InChI is InChI=1S/C28H40N2O4/c1-19(33-23-13-9-21(10-14-23)27(3,4)5)25(31)29-17-18-30-26(32)20(2)34-24-15-11-22(12-16-24)28(6,7)8/h9-16,19-20H,17-18H2,1-8H3,(H,29,31)(H,30,32). The zero-order valence-electron chi connectivity index (χ0n) is 21.8. The summed E-state index contributed by atoms with van der Waals surface area (Å²) in [5, 5.41) is 5.57. The Morgan fingerprint density at radius 2 is 0.941 bits per heavy atom. The summed E-state index contributed by atoms with van der Waals surface area (Å²) in [5.41, 5.74) is 2.53. The summed E-state index contributed by atoms with van der Waals surface area (Å²) in [7, 11) is 0. The number of hydrogen-bond acceptors (Lipinski definition) is 4. The molecular weight excluding hydrogens is 428 g/mol. The van der Waals surface area contributed by atoms with Crippen molar-refractivity contribution < 1.29 is 19.1 Å².